The molecular formula is C13H8Cl3NO5. The van der Waals surface area contributed by atoms with Crippen molar-refractivity contribution in [2.24, 2.45) is 0 Å². The molecule has 0 aliphatic carbocycles. The van der Waals surface area contributed by atoms with Gasteiger partial charge in [0.05, 0.1) is 40.2 Å². The normalized spacial score (nSPS) is 10.6. The van der Waals surface area contributed by atoms with E-state index in [1.807, 2.05) is 0 Å². The number of esters is 2. The molecule has 0 aliphatic heterocycles. The molecule has 0 spiro atoms. The third-order valence-electron chi connectivity index (χ3n) is 2.91. The van der Waals surface area contributed by atoms with E-state index in [2.05, 4.69) is 14.5 Å². The molecule has 0 saturated carbocycles. The third kappa shape index (κ3) is 2.54. The van der Waals surface area contributed by atoms with E-state index in [0.717, 1.165) is 14.2 Å². The van der Waals surface area contributed by atoms with Gasteiger partial charge >= 0.3 is 11.9 Å². The van der Waals surface area contributed by atoms with Gasteiger partial charge in [-0.05, 0) is 6.07 Å². The summed E-state index contributed by atoms with van der Waals surface area (Å²) in [6.45, 7) is 0. The fraction of sp³-hybridized carbons (Fsp3) is 0.154. The molecule has 2 aromatic rings. The Morgan fingerprint density at radius 3 is 2.18 bits per heavy atom. The van der Waals surface area contributed by atoms with Crippen LogP contribution in [-0.4, -0.2) is 31.1 Å². The summed E-state index contributed by atoms with van der Waals surface area (Å²) in [5, 5.41) is -0.171. The molecule has 1 aromatic carbocycles. The van der Waals surface area contributed by atoms with E-state index < -0.39 is 22.9 Å². The van der Waals surface area contributed by atoms with E-state index in [1.165, 1.54) is 6.07 Å². The number of halogens is 3. The quantitative estimate of drug-likeness (QED) is 0.654. The lowest BCUT2D eigenvalue weighted by molar-refractivity contribution is 0.0549. The Kier molecular flexibility index (Phi) is 4.65. The molecule has 1 aromatic heterocycles. The highest BCUT2D eigenvalue weighted by Crippen LogP contribution is 2.35. The van der Waals surface area contributed by atoms with E-state index in [1.54, 1.807) is 0 Å². The smallest absolute Gasteiger partial charge is 0.355 e. The first-order valence-electron chi connectivity index (χ1n) is 5.73. The van der Waals surface area contributed by atoms with Crippen LogP contribution in [-0.2, 0) is 9.47 Å². The SMILES string of the molecule is COC(=O)c1[nH]c2cc(Cl)c(Cl)c(Cl)c2c(=O)c1C(=O)OC. The first-order chi connectivity index (χ1) is 10.3. The number of hydrogen-bond donors (Lipinski definition) is 1. The predicted octanol–water partition coefficient (Wildman–Crippen LogP) is 3.06. The summed E-state index contributed by atoms with van der Waals surface area (Å²) >= 11 is 17.8. The lowest BCUT2D eigenvalue weighted by Crippen LogP contribution is -2.24. The molecule has 6 nitrogen and oxygen atoms in total. The fourth-order valence-corrected chi connectivity index (χ4v) is 2.59. The van der Waals surface area contributed by atoms with Gasteiger partial charge in [-0.1, -0.05) is 34.8 Å². The average molecular weight is 365 g/mol. The van der Waals surface area contributed by atoms with Gasteiger partial charge in [0.1, 0.15) is 11.3 Å². The second-order valence-electron chi connectivity index (χ2n) is 4.10. The van der Waals surface area contributed by atoms with Crippen LogP contribution in [0.1, 0.15) is 20.8 Å². The zero-order valence-electron chi connectivity index (χ0n) is 11.3. The summed E-state index contributed by atoms with van der Waals surface area (Å²) in [4.78, 5) is 38.8. The third-order valence-corrected chi connectivity index (χ3v) is 4.17. The number of rotatable bonds is 2. The molecular weight excluding hydrogens is 357 g/mol. The van der Waals surface area contributed by atoms with Gasteiger partial charge in [-0.3, -0.25) is 4.79 Å². The second kappa shape index (κ2) is 6.16. The van der Waals surface area contributed by atoms with Gasteiger partial charge in [0.25, 0.3) is 0 Å². The van der Waals surface area contributed by atoms with Crippen molar-refractivity contribution in [2.75, 3.05) is 14.2 Å². The van der Waals surface area contributed by atoms with Crippen LogP contribution in [0.4, 0.5) is 0 Å². The van der Waals surface area contributed by atoms with Crippen molar-refractivity contribution >= 4 is 57.6 Å². The van der Waals surface area contributed by atoms with Gasteiger partial charge < -0.3 is 14.5 Å². The van der Waals surface area contributed by atoms with E-state index >= 15 is 0 Å². The highest BCUT2D eigenvalue weighted by molar-refractivity contribution is 6.50. The van der Waals surface area contributed by atoms with Crippen LogP contribution < -0.4 is 5.43 Å². The zero-order chi connectivity index (χ0) is 16.6. The topological polar surface area (TPSA) is 85.5 Å². The fourth-order valence-electron chi connectivity index (χ4n) is 1.90. The number of aromatic nitrogens is 1. The number of nitrogens with one attached hydrogen (secondary N) is 1. The summed E-state index contributed by atoms with van der Waals surface area (Å²) in [5.41, 5.74) is -1.56. The number of benzene rings is 1. The van der Waals surface area contributed by atoms with Crippen LogP contribution in [0.2, 0.25) is 15.1 Å². The zero-order valence-corrected chi connectivity index (χ0v) is 13.5. The molecule has 1 N–H and O–H groups in total. The van der Waals surface area contributed by atoms with Gasteiger partial charge in [-0.2, -0.15) is 0 Å². The number of ether oxygens (including phenoxy) is 2. The maximum Gasteiger partial charge on any atom is 0.355 e. The summed E-state index contributed by atoms with van der Waals surface area (Å²) in [6, 6.07) is 1.32. The minimum atomic E-state index is -1.01. The van der Waals surface area contributed by atoms with Crippen LogP contribution >= 0.6 is 34.8 Å². The van der Waals surface area contributed by atoms with Crippen LogP contribution in [0, 0.1) is 0 Å². The molecule has 0 aliphatic rings. The molecule has 116 valence electrons. The maximum absolute atomic E-state index is 12.5. The Morgan fingerprint density at radius 2 is 1.64 bits per heavy atom. The number of hydrogen-bond acceptors (Lipinski definition) is 5. The molecule has 2 rings (SSSR count). The van der Waals surface area contributed by atoms with Gasteiger partial charge in [0, 0.05) is 0 Å². The molecule has 22 heavy (non-hydrogen) atoms. The Hall–Kier alpha value is -1.76. The highest BCUT2D eigenvalue weighted by atomic mass is 35.5. The summed E-state index contributed by atoms with van der Waals surface area (Å²) in [6.07, 6.45) is 0. The molecule has 0 amide bonds. The van der Waals surface area contributed by atoms with Crippen molar-refractivity contribution in [1.82, 2.24) is 4.98 Å². The van der Waals surface area contributed by atoms with Crippen molar-refractivity contribution in [3.05, 3.63) is 42.6 Å². The van der Waals surface area contributed by atoms with E-state index in [0.29, 0.717) is 0 Å². The molecule has 0 radical (unpaired) electrons. The number of carbonyl (C=O) groups excluding carboxylic acids is 2. The maximum atomic E-state index is 12.5. The molecule has 0 bridgehead atoms. The number of H-pyrrole nitrogens is 1. The monoisotopic (exact) mass is 363 g/mol. The minimum Gasteiger partial charge on any atom is -0.465 e. The number of carbonyl (C=O) groups is 2. The van der Waals surface area contributed by atoms with Crippen molar-refractivity contribution < 1.29 is 19.1 Å². The number of aromatic amines is 1. The minimum absolute atomic E-state index is 0.0389. The Balaban J connectivity index is 3.03. The van der Waals surface area contributed by atoms with Crippen molar-refractivity contribution in [2.45, 2.75) is 0 Å². The van der Waals surface area contributed by atoms with Crippen molar-refractivity contribution in [1.29, 1.82) is 0 Å². The first kappa shape index (κ1) is 16.6. The molecule has 0 saturated heterocycles. The Morgan fingerprint density at radius 1 is 1.05 bits per heavy atom. The lowest BCUT2D eigenvalue weighted by atomic mass is 10.1. The van der Waals surface area contributed by atoms with Gasteiger partial charge in [0.15, 0.2) is 0 Å². The van der Waals surface area contributed by atoms with Crippen LogP contribution in [0.25, 0.3) is 10.9 Å². The second-order valence-corrected chi connectivity index (χ2v) is 5.26. The summed E-state index contributed by atoms with van der Waals surface area (Å²) in [5.74, 6) is -1.92. The van der Waals surface area contributed by atoms with E-state index in [4.69, 9.17) is 34.8 Å². The lowest BCUT2D eigenvalue weighted by Gasteiger charge is -2.10. The van der Waals surface area contributed by atoms with Gasteiger partial charge in [0.2, 0.25) is 5.43 Å². The van der Waals surface area contributed by atoms with Gasteiger partial charge in [-0.25, -0.2) is 9.59 Å². The molecule has 0 fully saturated rings. The molecule has 0 unspecified atom stereocenters. The first-order valence-corrected chi connectivity index (χ1v) is 6.87. The predicted molar refractivity (Wildman–Crippen MR) is 82.3 cm³/mol. The number of methoxy groups -OCH3 is 2. The Labute approximate surface area is 138 Å². The molecule has 9 heteroatoms. The van der Waals surface area contributed by atoms with Crippen molar-refractivity contribution in [3.8, 4) is 0 Å². The summed E-state index contributed by atoms with van der Waals surface area (Å²) < 4.78 is 9.08. The summed E-state index contributed by atoms with van der Waals surface area (Å²) in [7, 11) is 2.18. The Bertz CT molecular complexity index is 859. The molecule has 0 atom stereocenters. The van der Waals surface area contributed by atoms with E-state index in [9.17, 15) is 14.4 Å². The average Bonchev–Trinajstić information content (AvgIpc) is 2.50. The standard InChI is InChI=1S/C13H8Cl3NO5/c1-21-12(19)7-10(13(20)22-2)17-5-3-4(14)8(15)9(16)6(5)11(7)18/h3H,1-2H3,(H,17,18). The van der Waals surface area contributed by atoms with Crippen LogP contribution in [0.15, 0.2) is 10.9 Å². The van der Waals surface area contributed by atoms with Gasteiger partial charge in [-0.15, -0.1) is 0 Å². The van der Waals surface area contributed by atoms with Crippen molar-refractivity contribution in [3.63, 3.8) is 0 Å². The largest absolute Gasteiger partial charge is 0.465 e. The van der Waals surface area contributed by atoms with Crippen LogP contribution in [0.5, 0.6) is 0 Å². The molecule has 1 heterocycles. The number of fused-ring (bicyclic) bond motifs is 1. The van der Waals surface area contributed by atoms with Crippen LogP contribution in [0.3, 0.4) is 0 Å². The number of pyridine rings is 1. The van der Waals surface area contributed by atoms with E-state index in [-0.39, 0.29) is 31.7 Å². The highest BCUT2D eigenvalue weighted by Gasteiger charge is 2.26.